The molecular weight excluding hydrogens is 224 g/mol. The third kappa shape index (κ3) is 2.08. The number of hydrogen-bond donors (Lipinski definition) is 1. The Kier molecular flexibility index (Phi) is 3.16. The van der Waals surface area contributed by atoms with E-state index in [1.54, 1.807) is 0 Å². The van der Waals surface area contributed by atoms with E-state index >= 15 is 0 Å². The van der Waals surface area contributed by atoms with Gasteiger partial charge in [-0.2, -0.15) is 0 Å². The zero-order valence-corrected chi connectivity index (χ0v) is 11.5. The molecule has 0 aliphatic carbocycles. The first kappa shape index (κ1) is 12.2. The molecule has 0 spiro atoms. The van der Waals surface area contributed by atoms with Crippen LogP contribution in [0.5, 0.6) is 0 Å². The minimum Gasteiger partial charge on any atom is -0.331 e. The summed E-state index contributed by atoms with van der Waals surface area (Å²) in [6.07, 6.45) is 7.87. The molecule has 4 nitrogen and oxygen atoms in total. The predicted octanol–water partition coefficient (Wildman–Crippen LogP) is 1.40. The van der Waals surface area contributed by atoms with Gasteiger partial charge in [0.25, 0.3) is 0 Å². The van der Waals surface area contributed by atoms with Crippen molar-refractivity contribution in [3.63, 3.8) is 0 Å². The van der Waals surface area contributed by atoms with Gasteiger partial charge >= 0.3 is 0 Å². The van der Waals surface area contributed by atoms with E-state index in [1.165, 1.54) is 38.0 Å². The Labute approximate surface area is 109 Å². The van der Waals surface area contributed by atoms with Crippen molar-refractivity contribution in [2.45, 2.75) is 37.6 Å². The van der Waals surface area contributed by atoms with Crippen molar-refractivity contribution in [1.29, 1.82) is 0 Å². The summed E-state index contributed by atoms with van der Waals surface area (Å²) in [6.45, 7) is 7.00. The van der Waals surface area contributed by atoms with Crippen LogP contribution in [0.15, 0.2) is 12.5 Å². The van der Waals surface area contributed by atoms with Crippen molar-refractivity contribution in [3.05, 3.63) is 18.2 Å². The summed E-state index contributed by atoms with van der Waals surface area (Å²) in [6, 6.07) is 0.649. The van der Waals surface area contributed by atoms with Gasteiger partial charge in [0.2, 0.25) is 0 Å². The van der Waals surface area contributed by atoms with Gasteiger partial charge in [-0.25, -0.2) is 4.98 Å². The molecule has 0 radical (unpaired) electrons. The van der Waals surface area contributed by atoms with E-state index in [0.717, 1.165) is 13.1 Å². The van der Waals surface area contributed by atoms with Crippen LogP contribution in [0, 0.1) is 0 Å². The quantitative estimate of drug-likeness (QED) is 0.859. The number of piperidine rings is 1. The zero-order valence-electron chi connectivity index (χ0n) is 11.5. The number of imidazole rings is 1. The summed E-state index contributed by atoms with van der Waals surface area (Å²) in [4.78, 5) is 6.85. The van der Waals surface area contributed by atoms with Crippen molar-refractivity contribution in [3.8, 4) is 0 Å². The Morgan fingerprint density at radius 3 is 2.83 bits per heavy atom. The second-order valence-corrected chi connectivity index (χ2v) is 6.21. The normalized spacial score (nSPS) is 31.0. The minimum absolute atomic E-state index is 0.278. The Morgan fingerprint density at radius 2 is 2.17 bits per heavy atom. The van der Waals surface area contributed by atoms with Crippen molar-refractivity contribution < 1.29 is 0 Å². The average Bonchev–Trinajstić information content (AvgIpc) is 2.99. The lowest BCUT2D eigenvalue weighted by molar-refractivity contribution is 0.215. The smallest absolute Gasteiger partial charge is 0.0951 e. The number of aromatic nitrogens is 2. The maximum absolute atomic E-state index is 4.43. The average molecular weight is 248 g/mol. The summed E-state index contributed by atoms with van der Waals surface area (Å²) < 4.78 is 2.46. The highest BCUT2D eigenvalue weighted by molar-refractivity contribution is 5.18. The van der Waals surface area contributed by atoms with Crippen LogP contribution in [-0.2, 0) is 5.41 Å². The van der Waals surface area contributed by atoms with Crippen LogP contribution in [0.2, 0.25) is 0 Å². The number of nitrogens with one attached hydrogen (secondary N) is 1. The van der Waals surface area contributed by atoms with Gasteiger partial charge in [0.1, 0.15) is 0 Å². The largest absolute Gasteiger partial charge is 0.331 e. The molecule has 1 N–H and O–H groups in total. The SMILES string of the molecule is CN1CCC(n2cncc2C2(C)CCNC2)CC1. The first-order valence-corrected chi connectivity index (χ1v) is 7.11. The van der Waals surface area contributed by atoms with E-state index in [-0.39, 0.29) is 5.41 Å². The second-order valence-electron chi connectivity index (χ2n) is 6.21. The first-order chi connectivity index (χ1) is 8.69. The van der Waals surface area contributed by atoms with Gasteiger partial charge in [-0.1, -0.05) is 6.92 Å². The fourth-order valence-corrected chi connectivity index (χ4v) is 3.37. The summed E-state index contributed by atoms with van der Waals surface area (Å²) in [5, 5.41) is 3.49. The molecule has 2 saturated heterocycles. The van der Waals surface area contributed by atoms with E-state index < -0.39 is 0 Å². The van der Waals surface area contributed by atoms with Gasteiger partial charge in [0.15, 0.2) is 0 Å². The highest BCUT2D eigenvalue weighted by Gasteiger charge is 2.34. The number of rotatable bonds is 2. The van der Waals surface area contributed by atoms with E-state index in [1.807, 2.05) is 0 Å². The Morgan fingerprint density at radius 1 is 1.39 bits per heavy atom. The van der Waals surface area contributed by atoms with Crippen LogP contribution >= 0.6 is 0 Å². The molecule has 1 aromatic rings. The molecule has 3 heterocycles. The van der Waals surface area contributed by atoms with E-state index in [9.17, 15) is 0 Å². The molecular formula is C14H24N4. The number of hydrogen-bond acceptors (Lipinski definition) is 3. The Balaban J connectivity index is 1.83. The molecule has 0 bridgehead atoms. The molecule has 1 atom stereocenters. The van der Waals surface area contributed by atoms with Crippen LogP contribution in [0.4, 0.5) is 0 Å². The molecule has 18 heavy (non-hydrogen) atoms. The molecule has 2 aliphatic rings. The molecule has 0 amide bonds. The lowest BCUT2D eigenvalue weighted by Crippen LogP contribution is -2.34. The van der Waals surface area contributed by atoms with Crippen LogP contribution in [0.3, 0.4) is 0 Å². The van der Waals surface area contributed by atoms with Gasteiger partial charge in [-0.3, -0.25) is 0 Å². The third-order valence-electron chi connectivity index (χ3n) is 4.73. The van der Waals surface area contributed by atoms with Gasteiger partial charge in [-0.15, -0.1) is 0 Å². The number of likely N-dealkylation sites (tertiary alicyclic amines) is 1. The molecule has 0 aromatic carbocycles. The minimum atomic E-state index is 0.278. The van der Waals surface area contributed by atoms with Gasteiger partial charge < -0.3 is 14.8 Å². The predicted molar refractivity (Wildman–Crippen MR) is 72.8 cm³/mol. The van der Waals surface area contributed by atoms with Crippen molar-refractivity contribution in [1.82, 2.24) is 19.8 Å². The van der Waals surface area contributed by atoms with Gasteiger partial charge in [-0.05, 0) is 45.9 Å². The molecule has 100 valence electrons. The maximum Gasteiger partial charge on any atom is 0.0951 e. The highest BCUT2D eigenvalue weighted by Crippen LogP contribution is 2.33. The molecule has 2 fully saturated rings. The molecule has 4 heteroatoms. The lowest BCUT2D eigenvalue weighted by Gasteiger charge is -2.33. The summed E-state index contributed by atoms with van der Waals surface area (Å²) >= 11 is 0. The standard InChI is InChI=1S/C14H24N4/c1-14(5-6-15-10-14)13-9-16-11-18(13)12-3-7-17(2)8-4-12/h9,11-12,15H,3-8,10H2,1-2H3. The van der Waals surface area contributed by atoms with Gasteiger partial charge in [0.05, 0.1) is 6.33 Å². The summed E-state index contributed by atoms with van der Waals surface area (Å²) in [5.74, 6) is 0. The van der Waals surface area contributed by atoms with Crippen LogP contribution in [0.25, 0.3) is 0 Å². The molecule has 3 rings (SSSR count). The van der Waals surface area contributed by atoms with Crippen molar-refractivity contribution in [2.24, 2.45) is 0 Å². The van der Waals surface area contributed by atoms with E-state index in [4.69, 9.17) is 0 Å². The molecule has 1 unspecified atom stereocenters. The van der Waals surface area contributed by atoms with Gasteiger partial charge in [0, 0.05) is 29.9 Å². The fourth-order valence-electron chi connectivity index (χ4n) is 3.37. The maximum atomic E-state index is 4.43. The van der Waals surface area contributed by atoms with E-state index in [0.29, 0.717) is 6.04 Å². The molecule has 0 saturated carbocycles. The Bertz CT molecular complexity index is 398. The van der Waals surface area contributed by atoms with Crippen molar-refractivity contribution >= 4 is 0 Å². The molecule has 1 aromatic heterocycles. The zero-order chi connectivity index (χ0) is 12.6. The monoisotopic (exact) mass is 248 g/mol. The Hall–Kier alpha value is -0.870. The lowest BCUT2D eigenvalue weighted by atomic mass is 9.85. The second kappa shape index (κ2) is 4.67. The van der Waals surface area contributed by atoms with Crippen LogP contribution in [0.1, 0.15) is 37.9 Å². The van der Waals surface area contributed by atoms with E-state index in [2.05, 4.69) is 46.3 Å². The number of nitrogens with zero attached hydrogens (tertiary/aromatic N) is 3. The molecule has 2 aliphatic heterocycles. The first-order valence-electron chi connectivity index (χ1n) is 7.11. The van der Waals surface area contributed by atoms with Crippen molar-refractivity contribution in [2.75, 3.05) is 33.2 Å². The topological polar surface area (TPSA) is 33.1 Å². The third-order valence-corrected chi connectivity index (χ3v) is 4.73. The summed E-state index contributed by atoms with van der Waals surface area (Å²) in [5.41, 5.74) is 1.71. The fraction of sp³-hybridized carbons (Fsp3) is 0.786. The summed E-state index contributed by atoms with van der Waals surface area (Å²) in [7, 11) is 2.22. The van der Waals surface area contributed by atoms with Crippen LogP contribution < -0.4 is 5.32 Å². The highest BCUT2D eigenvalue weighted by atomic mass is 15.2. The van der Waals surface area contributed by atoms with Crippen LogP contribution in [-0.4, -0.2) is 47.7 Å².